The molecular formula is C24H22N4O6. The summed E-state index contributed by atoms with van der Waals surface area (Å²) in [6.45, 7) is 0. The van der Waals surface area contributed by atoms with E-state index < -0.39 is 11.9 Å². The van der Waals surface area contributed by atoms with Crippen molar-refractivity contribution in [2.24, 2.45) is 5.73 Å². The molecule has 0 bridgehead atoms. The van der Waals surface area contributed by atoms with Crippen molar-refractivity contribution in [3.05, 3.63) is 64.5 Å². The van der Waals surface area contributed by atoms with Crippen LogP contribution in [0, 0.1) is 11.3 Å². The number of nitrogens with zero attached hydrogens (tertiary/aromatic N) is 2. The Hall–Kier alpha value is -4.65. The van der Waals surface area contributed by atoms with Crippen molar-refractivity contribution >= 4 is 5.97 Å². The Bertz CT molecular complexity index is 1300. The van der Waals surface area contributed by atoms with Gasteiger partial charge in [0.05, 0.1) is 51.2 Å². The number of esters is 1. The predicted octanol–water partition coefficient (Wildman–Crippen LogP) is 3.11. The van der Waals surface area contributed by atoms with Gasteiger partial charge in [0.1, 0.15) is 11.6 Å². The van der Waals surface area contributed by atoms with E-state index in [1.807, 2.05) is 0 Å². The van der Waals surface area contributed by atoms with Crippen LogP contribution in [0.25, 0.3) is 11.3 Å². The maximum Gasteiger partial charge on any atom is 0.337 e. The molecule has 1 atom stereocenters. The quantitative estimate of drug-likeness (QED) is 0.528. The van der Waals surface area contributed by atoms with Crippen LogP contribution in [0.5, 0.6) is 23.1 Å². The summed E-state index contributed by atoms with van der Waals surface area (Å²) in [7, 11) is 5.88. The first-order valence-electron chi connectivity index (χ1n) is 10.1. The molecule has 2 heterocycles. The zero-order valence-electron chi connectivity index (χ0n) is 19.0. The average molecular weight is 462 g/mol. The monoisotopic (exact) mass is 462 g/mol. The van der Waals surface area contributed by atoms with E-state index in [2.05, 4.69) is 16.3 Å². The minimum absolute atomic E-state index is 0.0417. The summed E-state index contributed by atoms with van der Waals surface area (Å²) in [5.41, 5.74) is 9.22. The van der Waals surface area contributed by atoms with Crippen molar-refractivity contribution in [3.63, 3.8) is 0 Å². The Labute approximate surface area is 195 Å². The number of H-pyrrole nitrogens is 1. The van der Waals surface area contributed by atoms with Gasteiger partial charge in [-0.3, -0.25) is 5.10 Å². The molecule has 174 valence electrons. The number of hydrogen-bond donors (Lipinski definition) is 2. The molecule has 0 unspecified atom stereocenters. The number of benzene rings is 2. The maximum atomic E-state index is 11.9. The summed E-state index contributed by atoms with van der Waals surface area (Å²) >= 11 is 0. The largest absolute Gasteiger partial charge is 0.493 e. The molecule has 0 fully saturated rings. The molecule has 10 nitrogen and oxygen atoms in total. The first-order chi connectivity index (χ1) is 16.5. The third-order valence-corrected chi connectivity index (χ3v) is 5.56. The number of methoxy groups -OCH3 is 4. The van der Waals surface area contributed by atoms with E-state index in [0.29, 0.717) is 45.2 Å². The molecule has 0 aliphatic carbocycles. The van der Waals surface area contributed by atoms with Crippen LogP contribution in [-0.2, 0) is 4.74 Å². The fourth-order valence-electron chi connectivity index (χ4n) is 3.95. The number of nitrogens with two attached hydrogens (primary N) is 1. The number of hydrogen-bond acceptors (Lipinski definition) is 9. The first kappa shape index (κ1) is 22.5. The zero-order valence-corrected chi connectivity index (χ0v) is 19.0. The van der Waals surface area contributed by atoms with Crippen molar-refractivity contribution < 1.29 is 28.5 Å². The van der Waals surface area contributed by atoms with Gasteiger partial charge in [0.25, 0.3) is 0 Å². The number of nitriles is 1. The van der Waals surface area contributed by atoms with Crippen LogP contribution in [0.2, 0.25) is 0 Å². The van der Waals surface area contributed by atoms with E-state index in [9.17, 15) is 10.1 Å². The summed E-state index contributed by atoms with van der Waals surface area (Å²) in [5.74, 6) is 0.472. The van der Waals surface area contributed by atoms with Crippen molar-refractivity contribution in [1.82, 2.24) is 10.2 Å². The van der Waals surface area contributed by atoms with Gasteiger partial charge in [-0.25, -0.2) is 4.79 Å². The Morgan fingerprint density at radius 3 is 2.26 bits per heavy atom. The second-order valence-electron chi connectivity index (χ2n) is 7.27. The molecule has 0 radical (unpaired) electrons. The number of aromatic nitrogens is 2. The Kier molecular flexibility index (Phi) is 6.01. The van der Waals surface area contributed by atoms with Crippen molar-refractivity contribution in [2.75, 3.05) is 28.4 Å². The Balaban J connectivity index is 1.91. The van der Waals surface area contributed by atoms with Gasteiger partial charge in [-0.2, -0.15) is 5.26 Å². The fourth-order valence-corrected chi connectivity index (χ4v) is 3.95. The SMILES string of the molecule is COC(=O)c1ccc([C@@H]2C(C#N)=C(N)Oc3n[nH]c(-c4cc(OC)c(OC)c(OC)c4)c32)cc1. The summed E-state index contributed by atoms with van der Waals surface area (Å²) in [6, 6.07) is 12.4. The normalized spacial score (nSPS) is 14.5. The highest BCUT2D eigenvalue weighted by Crippen LogP contribution is 2.48. The van der Waals surface area contributed by atoms with Crippen LogP contribution in [0.3, 0.4) is 0 Å². The molecule has 1 aliphatic heterocycles. The highest BCUT2D eigenvalue weighted by molar-refractivity contribution is 5.89. The molecule has 3 N–H and O–H groups in total. The standard InChI is InChI=1S/C24H22N4O6/c1-30-16-9-14(10-17(31-2)21(16)32-3)20-19-18(12-5-7-13(8-6-12)24(29)33-4)15(11-25)22(26)34-23(19)28-27-20/h5-10,18H,26H2,1-4H3,(H,27,28)/t18-/m1/s1. The molecule has 3 aromatic rings. The molecule has 2 aromatic carbocycles. The molecule has 0 saturated heterocycles. The van der Waals surface area contributed by atoms with Gasteiger partial charge in [-0.05, 0) is 29.8 Å². The maximum absolute atomic E-state index is 11.9. The molecule has 1 aliphatic rings. The van der Waals surface area contributed by atoms with Crippen LogP contribution in [0.1, 0.15) is 27.4 Å². The minimum atomic E-state index is -0.603. The number of carbonyl (C=O) groups excluding carboxylic acids is 1. The van der Waals surface area contributed by atoms with Crippen LogP contribution >= 0.6 is 0 Å². The molecular weight excluding hydrogens is 440 g/mol. The smallest absolute Gasteiger partial charge is 0.337 e. The van der Waals surface area contributed by atoms with Gasteiger partial charge in [0, 0.05) is 5.56 Å². The lowest BCUT2D eigenvalue weighted by Crippen LogP contribution is -2.21. The number of ether oxygens (including phenoxy) is 5. The van der Waals surface area contributed by atoms with E-state index in [4.69, 9.17) is 29.4 Å². The van der Waals surface area contributed by atoms with Gasteiger partial charge in [0.2, 0.25) is 17.5 Å². The summed E-state index contributed by atoms with van der Waals surface area (Å²) in [5, 5.41) is 17.2. The molecule has 0 amide bonds. The van der Waals surface area contributed by atoms with Crippen LogP contribution in [-0.4, -0.2) is 44.6 Å². The number of nitrogens with one attached hydrogen (secondary N) is 1. The highest BCUT2D eigenvalue weighted by atomic mass is 16.5. The van der Waals surface area contributed by atoms with E-state index >= 15 is 0 Å². The van der Waals surface area contributed by atoms with Crippen LogP contribution in [0.4, 0.5) is 0 Å². The molecule has 0 spiro atoms. The number of carbonyl (C=O) groups is 1. The van der Waals surface area contributed by atoms with Gasteiger partial charge >= 0.3 is 5.97 Å². The third kappa shape index (κ3) is 3.63. The van der Waals surface area contributed by atoms with Gasteiger partial charge < -0.3 is 29.4 Å². The van der Waals surface area contributed by atoms with Crippen LogP contribution < -0.4 is 24.7 Å². The lowest BCUT2D eigenvalue weighted by Gasteiger charge is -2.24. The minimum Gasteiger partial charge on any atom is -0.493 e. The Morgan fingerprint density at radius 2 is 1.74 bits per heavy atom. The van der Waals surface area contributed by atoms with Crippen molar-refractivity contribution in [1.29, 1.82) is 5.26 Å². The van der Waals surface area contributed by atoms with Gasteiger partial charge in [-0.1, -0.05) is 12.1 Å². The third-order valence-electron chi connectivity index (χ3n) is 5.56. The first-order valence-corrected chi connectivity index (χ1v) is 10.1. The van der Waals surface area contributed by atoms with Crippen molar-refractivity contribution in [3.8, 4) is 40.5 Å². The Morgan fingerprint density at radius 1 is 1.09 bits per heavy atom. The van der Waals surface area contributed by atoms with Gasteiger partial charge in [0.15, 0.2) is 11.5 Å². The molecule has 10 heteroatoms. The topological polar surface area (TPSA) is 142 Å². The molecule has 1 aromatic heterocycles. The molecule has 4 rings (SSSR count). The lowest BCUT2D eigenvalue weighted by atomic mass is 9.82. The lowest BCUT2D eigenvalue weighted by molar-refractivity contribution is 0.0600. The molecule has 0 saturated carbocycles. The summed E-state index contributed by atoms with van der Waals surface area (Å²) in [6.07, 6.45) is 0. The number of allylic oxidation sites excluding steroid dienone is 1. The van der Waals surface area contributed by atoms with E-state index in [0.717, 1.165) is 0 Å². The van der Waals surface area contributed by atoms with E-state index in [-0.39, 0.29) is 17.3 Å². The number of fused-ring (bicyclic) bond motifs is 1. The predicted molar refractivity (Wildman–Crippen MR) is 121 cm³/mol. The number of rotatable bonds is 6. The zero-order chi connectivity index (χ0) is 24.4. The van der Waals surface area contributed by atoms with E-state index in [1.165, 1.54) is 28.4 Å². The summed E-state index contributed by atoms with van der Waals surface area (Å²) < 4.78 is 26.8. The average Bonchev–Trinajstić information content (AvgIpc) is 3.29. The summed E-state index contributed by atoms with van der Waals surface area (Å²) in [4.78, 5) is 11.9. The van der Waals surface area contributed by atoms with E-state index in [1.54, 1.807) is 36.4 Å². The van der Waals surface area contributed by atoms with Crippen molar-refractivity contribution in [2.45, 2.75) is 5.92 Å². The molecule has 34 heavy (non-hydrogen) atoms. The second kappa shape index (κ2) is 9.07. The highest BCUT2D eigenvalue weighted by Gasteiger charge is 2.36. The second-order valence-corrected chi connectivity index (χ2v) is 7.27. The number of aromatic amines is 1. The van der Waals surface area contributed by atoms with Gasteiger partial charge in [-0.15, -0.1) is 5.10 Å². The van der Waals surface area contributed by atoms with Crippen LogP contribution in [0.15, 0.2) is 47.9 Å². The fraction of sp³-hybridized carbons (Fsp3) is 0.208.